The molecule has 1 fully saturated rings. The number of ether oxygens (including phenoxy) is 3. The first-order valence-electron chi connectivity index (χ1n) is 29.6. The Morgan fingerprint density at radius 1 is 0.543 bits per heavy atom. The highest BCUT2D eigenvalue weighted by Crippen LogP contribution is 2.26. The molecule has 0 aromatic rings. The Bertz CT molecular complexity index is 1230. The van der Waals surface area contributed by atoms with Gasteiger partial charge in [-0.15, -0.1) is 0 Å². The first-order valence-corrected chi connectivity index (χ1v) is 29.6. The summed E-state index contributed by atoms with van der Waals surface area (Å²) in [7, 11) is 0. The van der Waals surface area contributed by atoms with Gasteiger partial charge in [0, 0.05) is 6.42 Å². The number of rotatable bonds is 50. The molecule has 1 amide bonds. The van der Waals surface area contributed by atoms with Crippen LogP contribution in [0.4, 0.5) is 0 Å². The molecule has 0 aromatic heterocycles. The SMILES string of the molecule is CCCCCCCC/C=C/CCCCCCCCC(O)C(=O)NC(COC1OC(CO)C(O)C(O)C1OC(=O)CCCCCCCCCCCCCCCC)C(O)/C=C/CCCCCCCCCCC. The highest BCUT2D eigenvalue weighted by molar-refractivity contribution is 5.80. The molecule has 8 unspecified atom stereocenters. The topological polar surface area (TPSA) is 175 Å². The van der Waals surface area contributed by atoms with E-state index < -0.39 is 67.4 Å². The Morgan fingerprint density at radius 2 is 0.943 bits per heavy atom. The number of aliphatic hydroxyl groups excluding tert-OH is 5. The van der Waals surface area contributed by atoms with Gasteiger partial charge >= 0.3 is 5.97 Å². The summed E-state index contributed by atoms with van der Waals surface area (Å²) in [6, 6.07) is -1.02. The minimum Gasteiger partial charge on any atom is -0.454 e. The van der Waals surface area contributed by atoms with Gasteiger partial charge in [0.05, 0.1) is 25.4 Å². The monoisotopic (exact) mass is 994 g/mol. The Morgan fingerprint density at radius 3 is 1.39 bits per heavy atom. The van der Waals surface area contributed by atoms with Gasteiger partial charge in [0.1, 0.15) is 24.4 Å². The first kappa shape index (κ1) is 66.2. The van der Waals surface area contributed by atoms with E-state index in [0.29, 0.717) is 12.8 Å². The Hall–Kier alpha value is -1.86. The number of esters is 1. The van der Waals surface area contributed by atoms with Gasteiger partial charge in [-0.25, -0.2) is 0 Å². The van der Waals surface area contributed by atoms with Crippen LogP contribution in [0.25, 0.3) is 0 Å². The molecule has 0 bridgehead atoms. The maximum atomic E-state index is 13.4. The van der Waals surface area contributed by atoms with Crippen LogP contribution in [0.1, 0.15) is 278 Å². The van der Waals surface area contributed by atoms with Crippen molar-refractivity contribution < 1.29 is 49.3 Å². The zero-order valence-corrected chi connectivity index (χ0v) is 45.4. The van der Waals surface area contributed by atoms with Crippen molar-refractivity contribution >= 4 is 11.9 Å². The molecular formula is C59H111NO10. The minimum absolute atomic E-state index is 0.129. The number of allylic oxidation sites excluding steroid dienone is 3. The molecular weight excluding hydrogens is 883 g/mol. The second kappa shape index (κ2) is 48.1. The molecule has 11 nitrogen and oxygen atoms in total. The molecule has 70 heavy (non-hydrogen) atoms. The summed E-state index contributed by atoms with van der Waals surface area (Å²) in [6.45, 7) is 5.78. The van der Waals surface area contributed by atoms with Gasteiger partial charge in [-0.3, -0.25) is 9.59 Å². The zero-order valence-electron chi connectivity index (χ0n) is 45.4. The van der Waals surface area contributed by atoms with E-state index >= 15 is 0 Å². The Labute approximate surface area is 429 Å². The van der Waals surface area contributed by atoms with Crippen LogP contribution in [0.3, 0.4) is 0 Å². The van der Waals surface area contributed by atoms with Crippen molar-refractivity contribution in [1.29, 1.82) is 0 Å². The van der Waals surface area contributed by atoms with E-state index in [2.05, 4.69) is 38.2 Å². The second-order valence-corrected chi connectivity index (χ2v) is 20.7. The normalized spacial score (nSPS) is 19.8. The number of carbonyl (C=O) groups excluding carboxylic acids is 2. The van der Waals surface area contributed by atoms with Crippen LogP contribution in [0.15, 0.2) is 24.3 Å². The average Bonchev–Trinajstić information content (AvgIpc) is 3.36. The number of carbonyl (C=O) groups is 2. The van der Waals surface area contributed by atoms with Crippen molar-refractivity contribution in [1.82, 2.24) is 5.32 Å². The van der Waals surface area contributed by atoms with Crippen LogP contribution in [-0.4, -0.2) is 99.6 Å². The Balaban J connectivity index is 2.70. The molecule has 0 saturated carbocycles. The lowest BCUT2D eigenvalue weighted by Gasteiger charge is -2.41. The smallest absolute Gasteiger partial charge is 0.306 e. The molecule has 412 valence electrons. The van der Waals surface area contributed by atoms with Crippen molar-refractivity contribution in [2.75, 3.05) is 13.2 Å². The fraction of sp³-hybridized carbons (Fsp3) is 0.898. The second-order valence-electron chi connectivity index (χ2n) is 20.7. The summed E-state index contributed by atoms with van der Waals surface area (Å²) in [5, 5.41) is 56.8. The molecule has 1 heterocycles. The number of amides is 1. The number of nitrogens with one attached hydrogen (secondary N) is 1. The Kier molecular flexibility index (Phi) is 45.5. The van der Waals surface area contributed by atoms with Crippen LogP contribution in [0.5, 0.6) is 0 Å². The van der Waals surface area contributed by atoms with Crippen LogP contribution in [0, 0.1) is 0 Å². The van der Waals surface area contributed by atoms with Crippen molar-refractivity contribution in [3.63, 3.8) is 0 Å². The quantitative estimate of drug-likeness (QED) is 0.0195. The predicted molar refractivity (Wildman–Crippen MR) is 288 cm³/mol. The standard InChI is InChI=1S/C59H111NO10/c1-4-7-10-13-16-19-22-24-26-27-28-31-34-37-40-43-46-52(63)58(67)60-50(51(62)45-42-39-36-33-30-21-18-15-12-9-6-3)49-68-59-57(56(66)55(65)53(48-61)69-59)70-54(64)47-44-41-38-35-32-29-25-23-20-17-14-11-8-5-2/h24,26,42,45,50-53,55-57,59,61-63,65-66H,4-23,25,27-41,43-44,46-49H2,1-3H3,(H,60,67)/b26-24+,45-42+. The van der Waals surface area contributed by atoms with Crippen LogP contribution < -0.4 is 5.32 Å². The molecule has 8 atom stereocenters. The van der Waals surface area contributed by atoms with E-state index in [0.717, 1.165) is 70.6 Å². The summed E-state index contributed by atoms with van der Waals surface area (Å²) >= 11 is 0. The van der Waals surface area contributed by atoms with Crippen molar-refractivity contribution in [2.24, 2.45) is 0 Å². The zero-order chi connectivity index (χ0) is 51.1. The van der Waals surface area contributed by atoms with Crippen molar-refractivity contribution in [3.8, 4) is 0 Å². The van der Waals surface area contributed by atoms with Gasteiger partial charge in [-0.1, -0.05) is 244 Å². The van der Waals surface area contributed by atoms with Crippen LogP contribution in [0.2, 0.25) is 0 Å². The third kappa shape index (κ3) is 36.1. The van der Waals surface area contributed by atoms with Crippen molar-refractivity contribution in [3.05, 3.63) is 24.3 Å². The number of hydrogen-bond acceptors (Lipinski definition) is 10. The summed E-state index contributed by atoms with van der Waals surface area (Å²) in [4.78, 5) is 26.4. The molecule has 11 heteroatoms. The third-order valence-corrected chi connectivity index (χ3v) is 14.1. The van der Waals surface area contributed by atoms with Gasteiger partial charge in [0.25, 0.3) is 0 Å². The van der Waals surface area contributed by atoms with E-state index in [1.165, 1.54) is 161 Å². The molecule has 0 aliphatic carbocycles. The maximum absolute atomic E-state index is 13.4. The van der Waals surface area contributed by atoms with E-state index in [4.69, 9.17) is 14.2 Å². The summed E-state index contributed by atoms with van der Waals surface area (Å²) in [5.41, 5.74) is 0. The van der Waals surface area contributed by atoms with E-state index in [9.17, 15) is 35.1 Å². The van der Waals surface area contributed by atoms with E-state index in [-0.39, 0.29) is 19.4 Å². The molecule has 1 aliphatic heterocycles. The summed E-state index contributed by atoms with van der Waals surface area (Å²) in [6.07, 6.45) is 43.6. The highest BCUT2D eigenvalue weighted by Gasteiger charge is 2.47. The number of aliphatic hydroxyl groups is 5. The van der Waals surface area contributed by atoms with Gasteiger partial charge in [-0.05, 0) is 51.4 Å². The van der Waals surface area contributed by atoms with E-state index in [1.807, 2.05) is 6.08 Å². The molecule has 1 saturated heterocycles. The fourth-order valence-corrected chi connectivity index (χ4v) is 9.35. The lowest BCUT2D eigenvalue weighted by atomic mass is 9.99. The fourth-order valence-electron chi connectivity index (χ4n) is 9.35. The minimum atomic E-state index is -1.61. The third-order valence-electron chi connectivity index (χ3n) is 14.1. The number of hydrogen-bond donors (Lipinski definition) is 6. The van der Waals surface area contributed by atoms with Crippen LogP contribution in [-0.2, 0) is 23.8 Å². The number of unbranched alkanes of at least 4 members (excludes halogenated alkanes) is 34. The molecule has 1 rings (SSSR count). The molecule has 0 spiro atoms. The van der Waals surface area contributed by atoms with Gasteiger partial charge < -0.3 is 45.1 Å². The lowest BCUT2D eigenvalue weighted by Crippen LogP contribution is -2.61. The lowest BCUT2D eigenvalue weighted by molar-refractivity contribution is -0.305. The van der Waals surface area contributed by atoms with Crippen LogP contribution >= 0.6 is 0 Å². The van der Waals surface area contributed by atoms with E-state index in [1.54, 1.807) is 6.08 Å². The highest BCUT2D eigenvalue weighted by atomic mass is 16.7. The van der Waals surface area contributed by atoms with Gasteiger partial charge in [-0.2, -0.15) is 0 Å². The summed E-state index contributed by atoms with van der Waals surface area (Å²) in [5.74, 6) is -1.19. The molecule has 6 N–H and O–H groups in total. The molecule has 0 aromatic carbocycles. The first-order chi connectivity index (χ1) is 34.2. The predicted octanol–water partition coefficient (Wildman–Crippen LogP) is 13.3. The van der Waals surface area contributed by atoms with Gasteiger partial charge in [0.15, 0.2) is 12.4 Å². The van der Waals surface area contributed by atoms with Crippen molar-refractivity contribution in [2.45, 2.75) is 327 Å². The van der Waals surface area contributed by atoms with Gasteiger partial charge in [0.2, 0.25) is 5.91 Å². The average molecular weight is 995 g/mol. The maximum Gasteiger partial charge on any atom is 0.306 e. The molecule has 0 radical (unpaired) electrons. The largest absolute Gasteiger partial charge is 0.454 e. The summed E-state index contributed by atoms with van der Waals surface area (Å²) < 4.78 is 17.6. The molecule has 1 aliphatic rings.